The van der Waals surface area contributed by atoms with Crippen LogP contribution in [0.25, 0.3) is 11.1 Å². The number of hydrogen-bond donors (Lipinski definition) is 1. The summed E-state index contributed by atoms with van der Waals surface area (Å²) in [5.41, 5.74) is 1.12. The van der Waals surface area contributed by atoms with Crippen molar-refractivity contribution in [1.29, 1.82) is 0 Å². The molecule has 0 aromatic heterocycles. The molecule has 1 aliphatic rings. The van der Waals surface area contributed by atoms with Crippen molar-refractivity contribution in [1.82, 2.24) is 9.62 Å². The first-order valence-electron chi connectivity index (χ1n) is 12.2. The molecule has 1 heterocycles. The Morgan fingerprint density at radius 2 is 1.65 bits per heavy atom. The topological polar surface area (TPSA) is 101 Å². The molecular formula is C27H35FN2O5S2. The molecule has 202 valence electrons. The number of halogens is 1. The number of benzene rings is 2. The molecule has 37 heavy (non-hydrogen) atoms. The van der Waals surface area contributed by atoms with E-state index in [0.29, 0.717) is 5.56 Å². The van der Waals surface area contributed by atoms with E-state index < -0.39 is 37.5 Å². The predicted molar refractivity (Wildman–Crippen MR) is 144 cm³/mol. The van der Waals surface area contributed by atoms with E-state index in [1.807, 2.05) is 57.2 Å². The predicted octanol–water partition coefficient (Wildman–Crippen LogP) is 4.34. The standard InChI is InChI=1S/C27H35FN2O5S2/c1-19(2)22-10-11-25(24(18-22)23-9-7-6-8-20(23)3)37(34,35)30-15-13-27(28,14-16-30)26(31)29-21(4)12-17-36(5,32)33/h6-12,17-19,21H,13-16H2,1-5H3,(H,29,31)/b17-12-/t21-/m1/s1. The first kappa shape index (κ1) is 29.0. The van der Waals surface area contributed by atoms with Gasteiger partial charge in [0.2, 0.25) is 10.0 Å². The maximum Gasteiger partial charge on any atom is 0.258 e. The zero-order valence-corrected chi connectivity index (χ0v) is 23.5. The highest BCUT2D eigenvalue weighted by atomic mass is 32.2. The Morgan fingerprint density at radius 3 is 2.22 bits per heavy atom. The quantitative estimate of drug-likeness (QED) is 0.527. The van der Waals surface area contributed by atoms with Crippen LogP contribution in [0, 0.1) is 6.92 Å². The molecule has 0 aliphatic carbocycles. The fourth-order valence-corrected chi connectivity index (χ4v) is 6.46. The number of carbonyl (C=O) groups excluding carboxylic acids is 1. The number of amides is 1. The van der Waals surface area contributed by atoms with Gasteiger partial charge in [0.05, 0.1) is 4.90 Å². The second kappa shape index (κ2) is 11.0. The van der Waals surface area contributed by atoms with Gasteiger partial charge in [0.25, 0.3) is 5.91 Å². The second-order valence-corrected chi connectivity index (χ2v) is 13.9. The highest BCUT2D eigenvalue weighted by Gasteiger charge is 2.45. The van der Waals surface area contributed by atoms with Crippen molar-refractivity contribution in [2.75, 3.05) is 19.3 Å². The molecule has 0 radical (unpaired) electrons. The molecular weight excluding hydrogens is 515 g/mol. The highest BCUT2D eigenvalue weighted by Crippen LogP contribution is 2.36. The summed E-state index contributed by atoms with van der Waals surface area (Å²) in [5.74, 6) is -0.674. The van der Waals surface area contributed by atoms with E-state index in [0.717, 1.165) is 28.4 Å². The Labute approximate surface area is 219 Å². The van der Waals surface area contributed by atoms with E-state index in [4.69, 9.17) is 0 Å². The van der Waals surface area contributed by atoms with Crippen LogP contribution in [0.2, 0.25) is 0 Å². The van der Waals surface area contributed by atoms with E-state index >= 15 is 4.39 Å². The summed E-state index contributed by atoms with van der Waals surface area (Å²) >= 11 is 0. The number of rotatable bonds is 8. The Morgan fingerprint density at radius 1 is 1.03 bits per heavy atom. The summed E-state index contributed by atoms with van der Waals surface area (Å²) < 4.78 is 66.8. The van der Waals surface area contributed by atoms with Crippen molar-refractivity contribution >= 4 is 25.8 Å². The number of nitrogens with zero attached hydrogens (tertiary/aromatic N) is 1. The van der Waals surface area contributed by atoms with Gasteiger partial charge in [-0.25, -0.2) is 21.2 Å². The molecule has 2 aromatic carbocycles. The summed E-state index contributed by atoms with van der Waals surface area (Å²) in [7, 11) is -7.35. The van der Waals surface area contributed by atoms with Gasteiger partial charge in [-0.05, 0) is 48.6 Å². The SMILES string of the molecule is Cc1ccccc1-c1cc(C(C)C)ccc1S(=O)(=O)N1CCC(F)(C(=O)N[C@H](C)/C=C\S(C)(=O)=O)CC1. The first-order valence-corrected chi connectivity index (χ1v) is 15.6. The van der Waals surface area contributed by atoms with Crippen LogP contribution in [-0.4, -0.2) is 58.1 Å². The molecule has 10 heteroatoms. The lowest BCUT2D eigenvalue weighted by atomic mass is 9.93. The smallest absolute Gasteiger partial charge is 0.258 e. The van der Waals surface area contributed by atoms with Crippen molar-refractivity contribution in [3.05, 3.63) is 65.1 Å². The number of sulfonamides is 1. The van der Waals surface area contributed by atoms with E-state index in [1.165, 1.54) is 17.3 Å². The average Bonchev–Trinajstić information content (AvgIpc) is 2.82. The molecule has 0 bridgehead atoms. The molecule has 0 spiro atoms. The molecule has 0 unspecified atom stereocenters. The van der Waals surface area contributed by atoms with Gasteiger partial charge in [-0.1, -0.05) is 50.3 Å². The van der Waals surface area contributed by atoms with Crippen LogP contribution in [0.5, 0.6) is 0 Å². The molecule has 1 fully saturated rings. The molecule has 2 aromatic rings. The normalized spacial score (nSPS) is 17.7. The summed E-state index contributed by atoms with van der Waals surface area (Å²) in [4.78, 5) is 12.8. The third kappa shape index (κ3) is 6.86. The monoisotopic (exact) mass is 550 g/mol. The Kier molecular flexibility index (Phi) is 8.66. The molecule has 1 aliphatic heterocycles. The van der Waals surface area contributed by atoms with Gasteiger partial charge in [-0.3, -0.25) is 4.79 Å². The molecule has 1 atom stereocenters. The molecule has 1 N–H and O–H groups in total. The zero-order valence-electron chi connectivity index (χ0n) is 21.9. The van der Waals surface area contributed by atoms with Gasteiger partial charge in [0, 0.05) is 49.2 Å². The van der Waals surface area contributed by atoms with Crippen LogP contribution in [-0.2, 0) is 24.7 Å². The lowest BCUT2D eigenvalue weighted by Gasteiger charge is -2.35. The molecule has 1 saturated heterocycles. The van der Waals surface area contributed by atoms with Crippen LogP contribution in [0.15, 0.2) is 58.8 Å². The minimum Gasteiger partial charge on any atom is -0.347 e. The van der Waals surface area contributed by atoms with Crippen molar-refractivity contribution < 1.29 is 26.0 Å². The summed E-state index contributed by atoms with van der Waals surface area (Å²) in [6, 6.07) is 12.2. The number of hydrogen-bond acceptors (Lipinski definition) is 5. The number of carbonyl (C=O) groups is 1. The van der Waals surface area contributed by atoms with E-state index in [2.05, 4.69) is 5.32 Å². The number of alkyl halides is 1. The summed E-state index contributed by atoms with van der Waals surface area (Å²) in [6.45, 7) is 7.24. The number of sulfone groups is 1. The fourth-order valence-electron chi connectivity index (χ4n) is 4.31. The molecule has 7 nitrogen and oxygen atoms in total. The Hall–Kier alpha value is -2.56. The largest absolute Gasteiger partial charge is 0.347 e. The van der Waals surface area contributed by atoms with Gasteiger partial charge in [-0.2, -0.15) is 4.31 Å². The third-order valence-electron chi connectivity index (χ3n) is 6.62. The zero-order chi connectivity index (χ0) is 27.6. The van der Waals surface area contributed by atoms with E-state index in [1.54, 1.807) is 6.07 Å². The molecule has 1 amide bonds. The summed E-state index contributed by atoms with van der Waals surface area (Å²) in [6.07, 6.45) is 1.69. The molecule has 3 rings (SSSR count). The van der Waals surface area contributed by atoms with E-state index in [9.17, 15) is 21.6 Å². The first-order chi connectivity index (χ1) is 17.1. The summed E-state index contributed by atoms with van der Waals surface area (Å²) in [5, 5.41) is 3.42. The molecule has 0 saturated carbocycles. The lowest BCUT2D eigenvalue weighted by Crippen LogP contribution is -2.53. The average molecular weight is 551 g/mol. The maximum absolute atomic E-state index is 15.5. The van der Waals surface area contributed by atoms with Crippen LogP contribution in [0.1, 0.15) is 50.7 Å². The minimum atomic E-state index is -3.97. The van der Waals surface area contributed by atoms with Gasteiger partial charge < -0.3 is 5.32 Å². The third-order valence-corrected chi connectivity index (χ3v) is 9.23. The van der Waals surface area contributed by atoms with Crippen molar-refractivity contribution in [2.24, 2.45) is 0 Å². The van der Waals surface area contributed by atoms with Crippen molar-refractivity contribution in [3.8, 4) is 11.1 Å². The fraction of sp³-hybridized carbons (Fsp3) is 0.444. The van der Waals surface area contributed by atoms with E-state index in [-0.39, 0.29) is 36.7 Å². The second-order valence-electron chi connectivity index (χ2n) is 10.0. The van der Waals surface area contributed by atoms with Gasteiger partial charge in [0.15, 0.2) is 15.5 Å². The Balaban J connectivity index is 1.84. The van der Waals surface area contributed by atoms with Crippen LogP contribution >= 0.6 is 0 Å². The minimum absolute atomic E-state index is 0.154. The Bertz CT molecular complexity index is 1390. The number of aryl methyl sites for hydroxylation is 1. The highest BCUT2D eigenvalue weighted by molar-refractivity contribution is 7.93. The van der Waals surface area contributed by atoms with Crippen LogP contribution in [0.3, 0.4) is 0 Å². The number of piperidine rings is 1. The van der Waals surface area contributed by atoms with Crippen LogP contribution in [0.4, 0.5) is 4.39 Å². The lowest BCUT2D eigenvalue weighted by molar-refractivity contribution is -0.135. The maximum atomic E-state index is 15.5. The van der Waals surface area contributed by atoms with Crippen LogP contribution < -0.4 is 5.32 Å². The van der Waals surface area contributed by atoms with Gasteiger partial charge in [-0.15, -0.1) is 0 Å². The van der Waals surface area contributed by atoms with Gasteiger partial charge >= 0.3 is 0 Å². The van der Waals surface area contributed by atoms with Crippen molar-refractivity contribution in [3.63, 3.8) is 0 Å². The van der Waals surface area contributed by atoms with Crippen molar-refractivity contribution in [2.45, 2.75) is 63.1 Å². The van der Waals surface area contributed by atoms with Gasteiger partial charge in [0.1, 0.15) is 0 Å². The number of nitrogens with one attached hydrogen (secondary N) is 1.